The van der Waals surface area contributed by atoms with E-state index in [4.69, 9.17) is 32.7 Å². The van der Waals surface area contributed by atoms with E-state index in [0.29, 0.717) is 25.1 Å². The fourth-order valence-electron chi connectivity index (χ4n) is 3.69. The highest BCUT2D eigenvalue weighted by Gasteiger charge is 2.45. The van der Waals surface area contributed by atoms with Gasteiger partial charge in [-0.1, -0.05) is 53.5 Å². The summed E-state index contributed by atoms with van der Waals surface area (Å²) in [6, 6.07) is 11.3. The van der Waals surface area contributed by atoms with E-state index in [0.717, 1.165) is 0 Å². The van der Waals surface area contributed by atoms with Crippen LogP contribution in [0.2, 0.25) is 10.0 Å². The molecular weight excluding hydrogens is 453 g/mol. The van der Waals surface area contributed by atoms with Crippen LogP contribution in [-0.2, 0) is 14.3 Å². The van der Waals surface area contributed by atoms with Crippen molar-refractivity contribution in [1.82, 2.24) is 4.90 Å². The Morgan fingerprint density at radius 3 is 2.31 bits per heavy atom. The normalized spacial score (nSPS) is 17.9. The number of nitrogens with zero attached hydrogens (tertiary/aromatic N) is 1. The van der Waals surface area contributed by atoms with Gasteiger partial charge in [0.25, 0.3) is 11.7 Å². The quantitative estimate of drug-likeness (QED) is 0.243. The number of aliphatic hydroxyl groups is 1. The van der Waals surface area contributed by atoms with Crippen molar-refractivity contribution < 1.29 is 24.2 Å². The fourth-order valence-corrected chi connectivity index (χ4v) is 4.33. The molecule has 6 nitrogen and oxygen atoms in total. The minimum Gasteiger partial charge on any atom is -0.507 e. The summed E-state index contributed by atoms with van der Waals surface area (Å²) in [5, 5.41) is 11.5. The lowest BCUT2D eigenvalue weighted by Crippen LogP contribution is -2.31. The number of benzene rings is 2. The van der Waals surface area contributed by atoms with E-state index >= 15 is 0 Å². The molecule has 1 unspecified atom stereocenters. The number of amides is 1. The molecule has 0 spiro atoms. The van der Waals surface area contributed by atoms with E-state index in [9.17, 15) is 14.7 Å². The highest BCUT2D eigenvalue weighted by molar-refractivity contribution is 6.46. The average Bonchev–Trinajstić information content (AvgIpc) is 3.01. The lowest BCUT2D eigenvalue weighted by molar-refractivity contribution is -0.140. The second-order valence-corrected chi connectivity index (χ2v) is 8.46. The number of likely N-dealkylation sites (tertiary alicyclic amines) is 1. The molecule has 3 rings (SSSR count). The average molecular weight is 478 g/mol. The van der Waals surface area contributed by atoms with Crippen molar-refractivity contribution in [3.8, 4) is 5.75 Å². The number of methoxy groups -OCH3 is 1. The van der Waals surface area contributed by atoms with Crippen molar-refractivity contribution in [3.63, 3.8) is 0 Å². The van der Waals surface area contributed by atoms with Crippen molar-refractivity contribution in [2.45, 2.75) is 32.4 Å². The van der Waals surface area contributed by atoms with Gasteiger partial charge in [0.15, 0.2) is 5.75 Å². The molecule has 1 saturated heterocycles. The van der Waals surface area contributed by atoms with Crippen molar-refractivity contribution in [3.05, 3.63) is 69.2 Å². The lowest BCUT2D eigenvalue weighted by atomic mass is 9.95. The van der Waals surface area contributed by atoms with E-state index < -0.39 is 17.7 Å². The predicted molar refractivity (Wildman–Crippen MR) is 124 cm³/mol. The first-order valence-electron chi connectivity index (χ1n) is 10.2. The number of ketones is 1. The lowest BCUT2D eigenvalue weighted by Gasteiger charge is -2.25. The monoisotopic (exact) mass is 477 g/mol. The van der Waals surface area contributed by atoms with Crippen LogP contribution in [0.5, 0.6) is 5.75 Å². The topological polar surface area (TPSA) is 76.1 Å². The largest absolute Gasteiger partial charge is 0.507 e. The smallest absolute Gasteiger partial charge is 0.295 e. The second-order valence-electron chi connectivity index (χ2n) is 7.65. The van der Waals surface area contributed by atoms with Gasteiger partial charge in [-0.3, -0.25) is 9.59 Å². The molecule has 1 amide bonds. The van der Waals surface area contributed by atoms with Crippen LogP contribution >= 0.6 is 23.2 Å². The standard InChI is InChI=1S/C24H25Cl2NO5/c1-14(2)32-11-7-10-27-20(15-8-5-4-6-9-15)19(22(29)24(27)30)21(28)16-12-17(25)23(31-3)18(26)13-16/h4-6,8-9,12-14,20,28H,7,10-11H2,1-3H3/b21-19+. The van der Waals surface area contributed by atoms with Gasteiger partial charge in [-0.05, 0) is 38.0 Å². The number of aliphatic hydroxyl groups excluding tert-OH is 1. The van der Waals surface area contributed by atoms with Crippen LogP contribution in [0.4, 0.5) is 0 Å². The van der Waals surface area contributed by atoms with Crippen LogP contribution in [0.15, 0.2) is 48.0 Å². The molecule has 0 radical (unpaired) electrons. The van der Waals surface area contributed by atoms with Crippen LogP contribution in [0.25, 0.3) is 5.76 Å². The Morgan fingerprint density at radius 2 is 1.75 bits per heavy atom. The van der Waals surface area contributed by atoms with Gasteiger partial charge in [0.05, 0.1) is 34.9 Å². The summed E-state index contributed by atoms with van der Waals surface area (Å²) in [6.07, 6.45) is 0.620. The SMILES string of the molecule is COc1c(Cl)cc(/C(O)=C2\C(=O)C(=O)N(CCCOC(C)C)C2c2ccccc2)cc1Cl. The number of rotatable bonds is 8. The molecule has 1 atom stereocenters. The fraction of sp³-hybridized carbons (Fsp3) is 0.333. The van der Waals surface area contributed by atoms with Crippen LogP contribution in [0.1, 0.15) is 37.4 Å². The maximum atomic E-state index is 13.0. The van der Waals surface area contributed by atoms with Gasteiger partial charge >= 0.3 is 0 Å². The Hall–Kier alpha value is -2.54. The summed E-state index contributed by atoms with van der Waals surface area (Å²) < 4.78 is 10.7. The molecule has 8 heteroatoms. The third-order valence-corrected chi connectivity index (χ3v) is 5.69. The zero-order valence-corrected chi connectivity index (χ0v) is 19.6. The zero-order chi connectivity index (χ0) is 23.4. The first-order chi connectivity index (χ1) is 15.3. The first kappa shape index (κ1) is 24.1. The van der Waals surface area contributed by atoms with Crippen molar-refractivity contribution in [2.24, 2.45) is 0 Å². The van der Waals surface area contributed by atoms with Gasteiger partial charge in [-0.15, -0.1) is 0 Å². The summed E-state index contributed by atoms with van der Waals surface area (Å²) >= 11 is 12.4. The van der Waals surface area contributed by atoms with Crippen LogP contribution in [0.3, 0.4) is 0 Å². The molecular formula is C24H25Cl2NO5. The molecule has 0 bridgehead atoms. The van der Waals surface area contributed by atoms with Gasteiger partial charge in [-0.2, -0.15) is 0 Å². The van der Waals surface area contributed by atoms with Crippen LogP contribution in [0, 0.1) is 0 Å². The van der Waals surface area contributed by atoms with Gasteiger partial charge < -0.3 is 19.5 Å². The first-order valence-corrected chi connectivity index (χ1v) is 11.0. The Balaban J connectivity index is 2.06. The third-order valence-electron chi connectivity index (χ3n) is 5.13. The number of halogens is 2. The molecule has 1 aliphatic rings. The van der Waals surface area contributed by atoms with Crippen molar-refractivity contribution >= 4 is 40.7 Å². The summed E-state index contributed by atoms with van der Waals surface area (Å²) in [5.41, 5.74) is 0.926. The molecule has 1 aliphatic heterocycles. The zero-order valence-electron chi connectivity index (χ0n) is 18.1. The minimum absolute atomic E-state index is 0.0109. The number of ether oxygens (including phenoxy) is 2. The number of carbonyl (C=O) groups excluding carboxylic acids is 2. The molecule has 2 aromatic rings. The summed E-state index contributed by atoms with van der Waals surface area (Å²) in [7, 11) is 1.43. The Labute approximate surface area is 197 Å². The summed E-state index contributed by atoms with van der Waals surface area (Å²) in [5.74, 6) is -1.51. The highest BCUT2D eigenvalue weighted by Crippen LogP contribution is 2.41. The number of hydrogen-bond donors (Lipinski definition) is 1. The molecule has 1 N–H and O–H groups in total. The van der Waals surface area contributed by atoms with Crippen molar-refractivity contribution in [1.29, 1.82) is 0 Å². The number of hydrogen-bond acceptors (Lipinski definition) is 5. The maximum absolute atomic E-state index is 13.0. The van der Waals surface area contributed by atoms with E-state index in [-0.39, 0.29) is 38.8 Å². The van der Waals surface area contributed by atoms with E-state index in [1.165, 1.54) is 24.1 Å². The highest BCUT2D eigenvalue weighted by atomic mass is 35.5. The molecule has 0 saturated carbocycles. The Bertz CT molecular complexity index is 1010. The van der Waals surface area contributed by atoms with E-state index in [1.54, 1.807) is 0 Å². The Morgan fingerprint density at radius 1 is 1.12 bits per heavy atom. The molecule has 0 aromatic heterocycles. The van der Waals surface area contributed by atoms with Gasteiger partial charge in [0.2, 0.25) is 0 Å². The number of carbonyl (C=O) groups is 2. The van der Waals surface area contributed by atoms with E-state index in [2.05, 4.69) is 0 Å². The second kappa shape index (κ2) is 10.4. The predicted octanol–water partition coefficient (Wildman–Crippen LogP) is 5.24. The third kappa shape index (κ3) is 4.93. The van der Waals surface area contributed by atoms with Gasteiger partial charge in [0, 0.05) is 18.7 Å². The molecule has 32 heavy (non-hydrogen) atoms. The van der Waals surface area contributed by atoms with Crippen LogP contribution < -0.4 is 4.74 Å². The molecule has 1 fully saturated rings. The molecule has 2 aromatic carbocycles. The van der Waals surface area contributed by atoms with Gasteiger partial charge in [0.1, 0.15) is 5.76 Å². The molecule has 170 valence electrons. The summed E-state index contributed by atoms with van der Waals surface area (Å²) in [6.45, 7) is 4.62. The Kier molecular flexibility index (Phi) is 7.82. The maximum Gasteiger partial charge on any atom is 0.295 e. The van der Waals surface area contributed by atoms with E-state index in [1.807, 2.05) is 44.2 Å². The van der Waals surface area contributed by atoms with Crippen molar-refractivity contribution in [2.75, 3.05) is 20.3 Å². The minimum atomic E-state index is -0.760. The van der Waals surface area contributed by atoms with Crippen LogP contribution in [-0.4, -0.2) is 48.1 Å². The number of Topliss-reactive ketones (excluding diaryl/α,β-unsaturated/α-hetero) is 1. The summed E-state index contributed by atoms with van der Waals surface area (Å²) in [4.78, 5) is 27.4. The van der Waals surface area contributed by atoms with Gasteiger partial charge in [-0.25, -0.2) is 0 Å². The molecule has 1 heterocycles. The molecule has 0 aliphatic carbocycles.